The molecule has 2 N–H and O–H groups in total. The first-order valence-electron chi connectivity index (χ1n) is 10.2. The monoisotopic (exact) mass is 448 g/mol. The van der Waals surface area contributed by atoms with Gasteiger partial charge < -0.3 is 19.9 Å². The topological polar surface area (TPSA) is 105 Å². The molecule has 9 heteroatoms. The van der Waals surface area contributed by atoms with Gasteiger partial charge in [0, 0.05) is 25.2 Å². The van der Waals surface area contributed by atoms with Crippen LogP contribution >= 0.6 is 0 Å². The van der Waals surface area contributed by atoms with Crippen molar-refractivity contribution in [2.45, 2.75) is 17.9 Å². The van der Waals surface area contributed by atoms with E-state index in [1.807, 2.05) is 31.2 Å². The number of morpholine rings is 1. The molecule has 1 amide bonds. The van der Waals surface area contributed by atoms with Crippen molar-refractivity contribution in [3.05, 3.63) is 65.2 Å². The van der Waals surface area contributed by atoms with Crippen LogP contribution in [0.2, 0.25) is 0 Å². The highest BCUT2D eigenvalue weighted by atomic mass is 32.2. The van der Waals surface area contributed by atoms with E-state index in [-0.39, 0.29) is 30.6 Å². The molecule has 168 valence electrons. The number of amides is 1. The molecule has 8 nitrogen and oxygen atoms in total. The molecule has 0 spiro atoms. The summed E-state index contributed by atoms with van der Waals surface area (Å²) < 4.78 is 37.7. The van der Waals surface area contributed by atoms with Crippen molar-refractivity contribution in [1.29, 1.82) is 0 Å². The van der Waals surface area contributed by atoms with Crippen molar-refractivity contribution in [2.24, 2.45) is 0 Å². The van der Waals surface area contributed by atoms with Gasteiger partial charge in [-0.05, 0) is 36.8 Å². The Balaban J connectivity index is 1.64. The smallest absolute Gasteiger partial charge is 0.251 e. The largest absolute Gasteiger partial charge is 0.394 e. The van der Waals surface area contributed by atoms with Gasteiger partial charge in [-0.3, -0.25) is 4.79 Å². The zero-order chi connectivity index (χ0) is 22.3. The van der Waals surface area contributed by atoms with Crippen LogP contribution in [0.4, 0.5) is 0 Å². The van der Waals surface area contributed by atoms with E-state index in [0.29, 0.717) is 31.9 Å². The minimum Gasteiger partial charge on any atom is -0.394 e. The number of aliphatic hydroxyl groups excluding tert-OH is 1. The van der Waals surface area contributed by atoms with E-state index in [9.17, 15) is 13.2 Å². The number of nitrogens with zero attached hydrogens (tertiary/aromatic N) is 1. The Morgan fingerprint density at radius 1 is 1.13 bits per heavy atom. The number of aliphatic hydroxyl groups is 1. The maximum atomic E-state index is 12.7. The summed E-state index contributed by atoms with van der Waals surface area (Å²) in [5, 5.41) is 11.9. The summed E-state index contributed by atoms with van der Waals surface area (Å²) >= 11 is 0. The van der Waals surface area contributed by atoms with Crippen LogP contribution in [-0.2, 0) is 19.5 Å². The fourth-order valence-electron chi connectivity index (χ4n) is 3.25. The van der Waals surface area contributed by atoms with Crippen molar-refractivity contribution >= 4 is 15.9 Å². The van der Waals surface area contributed by atoms with E-state index in [1.165, 1.54) is 28.6 Å². The summed E-state index contributed by atoms with van der Waals surface area (Å²) in [4.78, 5) is 12.7. The standard InChI is InChI=1S/C22H28N2O6S/c1-17-2-4-18(5-3-17)21(30-15-12-25)16-23-22(26)19-6-8-20(9-7-19)31(27,28)24-10-13-29-14-11-24/h2-9,21,25H,10-16H2,1H3,(H,23,26). The zero-order valence-electron chi connectivity index (χ0n) is 17.5. The molecule has 1 aliphatic rings. The Kier molecular flexibility index (Phi) is 8.16. The third-order valence-corrected chi connectivity index (χ3v) is 6.94. The Morgan fingerprint density at radius 3 is 2.39 bits per heavy atom. The fraction of sp³-hybridized carbons (Fsp3) is 0.409. The summed E-state index contributed by atoms with van der Waals surface area (Å²) in [5.74, 6) is -0.333. The predicted octanol–water partition coefficient (Wildman–Crippen LogP) is 1.50. The molecule has 1 heterocycles. The molecule has 0 aromatic heterocycles. The summed E-state index contributed by atoms with van der Waals surface area (Å²) in [6.07, 6.45) is -0.405. The number of rotatable bonds is 9. The number of hydrogen-bond acceptors (Lipinski definition) is 6. The second kappa shape index (κ2) is 10.8. The molecule has 2 aromatic rings. The van der Waals surface area contributed by atoms with Gasteiger partial charge in [-0.2, -0.15) is 4.31 Å². The Labute approximate surface area is 182 Å². The van der Waals surface area contributed by atoms with E-state index in [1.54, 1.807) is 0 Å². The molecule has 1 saturated heterocycles. The third-order valence-electron chi connectivity index (χ3n) is 5.03. The minimum atomic E-state index is -3.60. The van der Waals surface area contributed by atoms with Gasteiger partial charge in [0.1, 0.15) is 0 Å². The first-order valence-corrected chi connectivity index (χ1v) is 11.6. The second-order valence-corrected chi connectivity index (χ2v) is 9.18. The Bertz CT molecular complexity index is 955. The lowest BCUT2D eigenvalue weighted by Gasteiger charge is -2.26. The average molecular weight is 449 g/mol. The van der Waals surface area contributed by atoms with Crippen LogP contribution in [0.3, 0.4) is 0 Å². The lowest BCUT2D eigenvalue weighted by Crippen LogP contribution is -2.40. The Morgan fingerprint density at radius 2 is 1.77 bits per heavy atom. The van der Waals surface area contributed by atoms with Gasteiger partial charge in [0.15, 0.2) is 0 Å². The summed E-state index contributed by atoms with van der Waals surface area (Å²) in [5.41, 5.74) is 2.36. The molecular weight excluding hydrogens is 420 g/mol. The van der Waals surface area contributed by atoms with Crippen molar-refractivity contribution in [3.8, 4) is 0 Å². The Hall–Kier alpha value is -2.30. The van der Waals surface area contributed by atoms with Crippen LogP contribution in [0, 0.1) is 6.92 Å². The van der Waals surface area contributed by atoms with Gasteiger partial charge in [0.25, 0.3) is 5.91 Å². The number of nitrogens with one attached hydrogen (secondary N) is 1. The molecule has 0 bridgehead atoms. The van der Waals surface area contributed by atoms with Gasteiger partial charge in [-0.25, -0.2) is 8.42 Å². The number of benzene rings is 2. The number of carbonyl (C=O) groups excluding carboxylic acids is 1. The number of hydrogen-bond donors (Lipinski definition) is 2. The highest BCUT2D eigenvalue weighted by Gasteiger charge is 2.26. The third kappa shape index (κ3) is 6.11. The van der Waals surface area contributed by atoms with Gasteiger partial charge in [-0.15, -0.1) is 0 Å². The predicted molar refractivity (Wildman–Crippen MR) is 115 cm³/mol. The van der Waals surface area contributed by atoms with Crippen LogP contribution in [0.1, 0.15) is 27.6 Å². The van der Waals surface area contributed by atoms with E-state index in [0.717, 1.165) is 11.1 Å². The molecule has 31 heavy (non-hydrogen) atoms. The van der Waals surface area contributed by atoms with Crippen molar-refractivity contribution < 1.29 is 27.8 Å². The molecule has 0 saturated carbocycles. The van der Waals surface area contributed by atoms with Crippen LogP contribution in [0.25, 0.3) is 0 Å². The van der Waals surface area contributed by atoms with Crippen LogP contribution in [-0.4, -0.2) is 69.8 Å². The van der Waals surface area contributed by atoms with Crippen molar-refractivity contribution in [3.63, 3.8) is 0 Å². The van der Waals surface area contributed by atoms with Gasteiger partial charge >= 0.3 is 0 Å². The van der Waals surface area contributed by atoms with E-state index in [2.05, 4.69) is 5.32 Å². The van der Waals surface area contributed by atoms with E-state index in [4.69, 9.17) is 14.6 Å². The molecule has 0 aliphatic carbocycles. The maximum Gasteiger partial charge on any atom is 0.251 e. The summed E-state index contributed by atoms with van der Waals surface area (Å²) in [7, 11) is -3.60. The van der Waals surface area contributed by atoms with E-state index >= 15 is 0 Å². The van der Waals surface area contributed by atoms with Crippen LogP contribution < -0.4 is 5.32 Å². The molecule has 1 aliphatic heterocycles. The second-order valence-electron chi connectivity index (χ2n) is 7.24. The first kappa shape index (κ1) is 23.4. The first-order chi connectivity index (χ1) is 14.9. The molecule has 2 aromatic carbocycles. The molecule has 1 fully saturated rings. The fourth-order valence-corrected chi connectivity index (χ4v) is 4.66. The van der Waals surface area contributed by atoms with Crippen LogP contribution in [0.15, 0.2) is 53.4 Å². The highest BCUT2D eigenvalue weighted by molar-refractivity contribution is 7.89. The average Bonchev–Trinajstić information content (AvgIpc) is 2.80. The summed E-state index contributed by atoms with van der Waals surface area (Å²) in [6, 6.07) is 13.7. The quantitative estimate of drug-likeness (QED) is 0.602. The SMILES string of the molecule is Cc1ccc(C(CNC(=O)c2ccc(S(=O)(=O)N3CCOCC3)cc2)OCCO)cc1. The maximum absolute atomic E-state index is 12.7. The number of ether oxygens (including phenoxy) is 2. The summed E-state index contributed by atoms with van der Waals surface area (Å²) in [6.45, 7) is 3.63. The van der Waals surface area contributed by atoms with E-state index < -0.39 is 16.1 Å². The number of carbonyl (C=O) groups is 1. The van der Waals surface area contributed by atoms with Gasteiger partial charge in [-0.1, -0.05) is 29.8 Å². The lowest BCUT2D eigenvalue weighted by atomic mass is 10.1. The van der Waals surface area contributed by atoms with Gasteiger partial charge in [0.05, 0.1) is 37.4 Å². The van der Waals surface area contributed by atoms with Crippen molar-refractivity contribution in [2.75, 3.05) is 46.1 Å². The zero-order valence-corrected chi connectivity index (χ0v) is 18.3. The molecule has 1 atom stereocenters. The molecule has 0 radical (unpaired) electrons. The number of sulfonamides is 1. The number of aryl methyl sites for hydroxylation is 1. The van der Waals surface area contributed by atoms with Crippen molar-refractivity contribution in [1.82, 2.24) is 9.62 Å². The molecular formula is C22H28N2O6S. The normalized spacial score (nSPS) is 16.1. The van der Waals surface area contributed by atoms with Gasteiger partial charge in [0.2, 0.25) is 10.0 Å². The minimum absolute atomic E-state index is 0.116. The lowest BCUT2D eigenvalue weighted by molar-refractivity contribution is 0.0277. The highest BCUT2D eigenvalue weighted by Crippen LogP contribution is 2.19. The van der Waals surface area contributed by atoms with Crippen LogP contribution in [0.5, 0.6) is 0 Å². The molecule has 1 unspecified atom stereocenters. The molecule has 3 rings (SSSR count).